The number of hydrogen-bond acceptors (Lipinski definition) is 4. The zero-order chi connectivity index (χ0) is 17.6. The Morgan fingerprint density at radius 3 is 2.52 bits per heavy atom. The number of hydrogen-bond donors (Lipinski definition) is 1. The first-order valence-corrected chi connectivity index (χ1v) is 8.67. The number of rotatable bonds is 3. The van der Waals surface area contributed by atoms with Crippen LogP contribution in [0.5, 0.6) is 0 Å². The van der Waals surface area contributed by atoms with E-state index in [4.69, 9.17) is 21.7 Å². The van der Waals surface area contributed by atoms with Gasteiger partial charge in [0, 0.05) is 17.3 Å². The summed E-state index contributed by atoms with van der Waals surface area (Å²) in [5.41, 5.74) is 2.74. The van der Waals surface area contributed by atoms with E-state index in [-0.39, 0.29) is 5.56 Å². The van der Waals surface area contributed by atoms with Gasteiger partial charge in [0.1, 0.15) is 5.65 Å². The molecule has 0 radical (unpaired) electrons. The van der Waals surface area contributed by atoms with Gasteiger partial charge >= 0.3 is 5.97 Å². The van der Waals surface area contributed by atoms with E-state index in [0.29, 0.717) is 10.2 Å². The Bertz CT molecular complexity index is 1100. The van der Waals surface area contributed by atoms with Crippen LogP contribution in [-0.4, -0.2) is 25.6 Å². The summed E-state index contributed by atoms with van der Waals surface area (Å²) in [5, 5.41) is 9.99. The van der Waals surface area contributed by atoms with Crippen molar-refractivity contribution >= 4 is 39.9 Å². The average Bonchev–Trinajstić information content (AvgIpc) is 3.21. The van der Waals surface area contributed by atoms with Crippen molar-refractivity contribution in [2.45, 2.75) is 6.92 Å². The van der Waals surface area contributed by atoms with Gasteiger partial charge in [-0.1, -0.05) is 11.6 Å². The predicted molar refractivity (Wildman–Crippen MR) is 98.9 cm³/mol. The lowest BCUT2D eigenvalue weighted by Crippen LogP contribution is -2.00. The van der Waals surface area contributed by atoms with Crippen LogP contribution in [0.1, 0.15) is 16.1 Å². The highest BCUT2D eigenvalue weighted by atomic mass is 35.5. The number of carbonyl (C=O) groups is 1. The van der Waals surface area contributed by atoms with Gasteiger partial charge in [-0.15, -0.1) is 11.3 Å². The Morgan fingerprint density at radius 1 is 1.12 bits per heavy atom. The number of aromatic nitrogens is 3. The third-order valence-electron chi connectivity index (χ3n) is 3.92. The molecule has 0 aliphatic carbocycles. The lowest BCUT2D eigenvalue weighted by Gasteiger charge is -2.07. The van der Waals surface area contributed by atoms with Gasteiger partial charge in [0.25, 0.3) is 0 Å². The molecule has 3 heterocycles. The Kier molecular flexibility index (Phi) is 3.78. The molecule has 1 aromatic carbocycles. The molecular weight excluding hydrogens is 358 g/mol. The molecule has 1 N–H and O–H groups in total. The van der Waals surface area contributed by atoms with E-state index in [1.54, 1.807) is 24.3 Å². The van der Waals surface area contributed by atoms with Crippen LogP contribution in [0, 0.1) is 6.92 Å². The first-order valence-electron chi connectivity index (χ1n) is 7.48. The summed E-state index contributed by atoms with van der Waals surface area (Å²) in [6.07, 6.45) is 1.91. The number of halogens is 1. The number of fused-ring (bicyclic) bond motifs is 1. The van der Waals surface area contributed by atoms with E-state index in [1.807, 2.05) is 35.9 Å². The van der Waals surface area contributed by atoms with Crippen molar-refractivity contribution in [1.29, 1.82) is 0 Å². The second-order valence-electron chi connectivity index (χ2n) is 5.51. The molecule has 0 unspecified atom stereocenters. The summed E-state index contributed by atoms with van der Waals surface area (Å²) >= 11 is 7.46. The summed E-state index contributed by atoms with van der Waals surface area (Å²) in [6.45, 7) is 1.95. The van der Waals surface area contributed by atoms with Gasteiger partial charge in [-0.3, -0.25) is 0 Å². The van der Waals surface area contributed by atoms with Crippen molar-refractivity contribution < 1.29 is 9.90 Å². The topological polar surface area (TPSA) is 68.0 Å². The van der Waals surface area contributed by atoms with Crippen LogP contribution in [0.2, 0.25) is 4.34 Å². The number of carboxylic acid groups (broad SMARTS) is 1. The molecule has 0 saturated carbocycles. The zero-order valence-corrected chi connectivity index (χ0v) is 14.7. The Morgan fingerprint density at radius 2 is 1.88 bits per heavy atom. The van der Waals surface area contributed by atoms with Crippen molar-refractivity contribution in [3.63, 3.8) is 0 Å². The number of carboxylic acids is 1. The maximum absolute atomic E-state index is 11.0. The Balaban J connectivity index is 1.87. The van der Waals surface area contributed by atoms with E-state index in [0.717, 1.165) is 27.3 Å². The van der Waals surface area contributed by atoms with E-state index < -0.39 is 5.97 Å². The summed E-state index contributed by atoms with van der Waals surface area (Å²) in [7, 11) is 0. The minimum atomic E-state index is -0.945. The highest BCUT2D eigenvalue weighted by molar-refractivity contribution is 7.19. The molecule has 4 rings (SSSR count). The molecular formula is C18H12ClN3O2S. The second kappa shape index (κ2) is 5.98. The lowest BCUT2D eigenvalue weighted by molar-refractivity contribution is 0.0697. The van der Waals surface area contributed by atoms with E-state index in [9.17, 15) is 4.79 Å². The van der Waals surface area contributed by atoms with Gasteiger partial charge in [0.2, 0.25) is 0 Å². The molecule has 0 aliphatic rings. The van der Waals surface area contributed by atoms with Gasteiger partial charge in [0.05, 0.1) is 20.5 Å². The first-order chi connectivity index (χ1) is 12.0. The molecule has 0 amide bonds. The molecule has 0 atom stereocenters. The van der Waals surface area contributed by atoms with Crippen LogP contribution in [0.4, 0.5) is 0 Å². The molecule has 25 heavy (non-hydrogen) atoms. The monoisotopic (exact) mass is 369 g/mol. The maximum atomic E-state index is 11.0. The summed E-state index contributed by atoms with van der Waals surface area (Å²) in [5.74, 6) is -0.317. The van der Waals surface area contributed by atoms with Crippen molar-refractivity contribution in [2.75, 3.05) is 0 Å². The van der Waals surface area contributed by atoms with Gasteiger partial charge in [0.15, 0.2) is 5.82 Å². The molecule has 124 valence electrons. The lowest BCUT2D eigenvalue weighted by atomic mass is 10.2. The average molecular weight is 370 g/mol. The SMILES string of the molecule is Cc1nc(-c2ccc(Cl)s2)nc2c1ccn2-c1ccc(C(=O)O)cc1. The fourth-order valence-electron chi connectivity index (χ4n) is 2.68. The molecule has 0 bridgehead atoms. The molecule has 0 fully saturated rings. The molecule has 0 saturated heterocycles. The third-order valence-corrected chi connectivity index (χ3v) is 5.15. The molecule has 3 aromatic heterocycles. The quantitative estimate of drug-likeness (QED) is 0.562. The first kappa shape index (κ1) is 15.8. The van der Waals surface area contributed by atoms with Gasteiger partial charge in [-0.25, -0.2) is 14.8 Å². The molecule has 0 aliphatic heterocycles. The number of aromatic carboxylic acids is 1. The minimum absolute atomic E-state index is 0.250. The van der Waals surface area contributed by atoms with Crippen LogP contribution >= 0.6 is 22.9 Å². The number of thiophene rings is 1. The second-order valence-corrected chi connectivity index (χ2v) is 7.23. The van der Waals surface area contributed by atoms with Crippen LogP contribution in [0.15, 0.2) is 48.7 Å². The van der Waals surface area contributed by atoms with Crippen molar-refractivity contribution in [2.24, 2.45) is 0 Å². The minimum Gasteiger partial charge on any atom is -0.478 e. The van der Waals surface area contributed by atoms with Crippen LogP contribution in [0.25, 0.3) is 27.4 Å². The highest BCUT2D eigenvalue weighted by Gasteiger charge is 2.13. The Hall–Kier alpha value is -2.70. The van der Waals surface area contributed by atoms with Crippen molar-refractivity contribution in [3.05, 3.63) is 64.3 Å². The molecule has 0 spiro atoms. The summed E-state index contributed by atoms with van der Waals surface area (Å²) in [6, 6.07) is 12.4. The van der Waals surface area contributed by atoms with E-state index >= 15 is 0 Å². The number of nitrogens with zero attached hydrogens (tertiary/aromatic N) is 3. The van der Waals surface area contributed by atoms with E-state index in [2.05, 4.69) is 4.98 Å². The van der Waals surface area contributed by atoms with Gasteiger partial charge in [-0.2, -0.15) is 0 Å². The number of aryl methyl sites for hydroxylation is 1. The van der Waals surface area contributed by atoms with E-state index in [1.165, 1.54) is 11.3 Å². The summed E-state index contributed by atoms with van der Waals surface area (Å²) in [4.78, 5) is 21.2. The smallest absolute Gasteiger partial charge is 0.335 e. The van der Waals surface area contributed by atoms with Crippen LogP contribution in [0.3, 0.4) is 0 Å². The Labute approximate surface area is 152 Å². The molecule has 4 aromatic rings. The predicted octanol–water partition coefficient (Wildman–Crippen LogP) is 4.81. The normalized spacial score (nSPS) is 11.1. The van der Waals surface area contributed by atoms with Crippen molar-refractivity contribution in [1.82, 2.24) is 14.5 Å². The van der Waals surface area contributed by atoms with Crippen molar-refractivity contribution in [3.8, 4) is 16.4 Å². The van der Waals surface area contributed by atoms with Crippen LogP contribution in [-0.2, 0) is 0 Å². The summed E-state index contributed by atoms with van der Waals surface area (Å²) < 4.78 is 2.62. The number of benzene rings is 1. The molecule has 7 heteroatoms. The standard InChI is InChI=1S/C18H12ClN3O2S/c1-10-13-8-9-22(12-4-2-11(3-5-12)18(23)24)17(13)21-16(20-10)14-6-7-15(19)25-14/h2-9H,1H3,(H,23,24). The highest BCUT2D eigenvalue weighted by Crippen LogP contribution is 2.31. The largest absolute Gasteiger partial charge is 0.478 e. The maximum Gasteiger partial charge on any atom is 0.335 e. The fourth-order valence-corrected chi connectivity index (χ4v) is 3.66. The third kappa shape index (κ3) is 2.79. The van der Waals surface area contributed by atoms with Gasteiger partial charge < -0.3 is 9.67 Å². The van der Waals surface area contributed by atoms with Crippen LogP contribution < -0.4 is 0 Å². The molecule has 5 nitrogen and oxygen atoms in total. The fraction of sp³-hybridized carbons (Fsp3) is 0.0556. The van der Waals surface area contributed by atoms with Gasteiger partial charge in [-0.05, 0) is 49.4 Å². The zero-order valence-electron chi connectivity index (χ0n) is 13.1.